The number of carbonyl (C=O) groups excluding carboxylic acids is 1. The number of hydrogen-bond donors (Lipinski definition) is 1. The van der Waals surface area contributed by atoms with Crippen molar-refractivity contribution in [3.63, 3.8) is 0 Å². The van der Waals surface area contributed by atoms with Crippen molar-refractivity contribution in [2.24, 2.45) is 40.9 Å². The predicted octanol–water partition coefficient (Wildman–Crippen LogP) is 5.38. The van der Waals surface area contributed by atoms with E-state index >= 15 is 0 Å². The molecule has 0 bridgehead atoms. The van der Waals surface area contributed by atoms with Crippen molar-refractivity contribution in [3.8, 4) is 0 Å². The van der Waals surface area contributed by atoms with E-state index in [1.807, 2.05) is 6.92 Å². The van der Waals surface area contributed by atoms with Crippen LogP contribution in [0.15, 0.2) is 0 Å². The van der Waals surface area contributed by atoms with Crippen molar-refractivity contribution in [3.05, 3.63) is 0 Å². The molecule has 0 unspecified atom stereocenters. The molecule has 0 aromatic carbocycles. The lowest BCUT2D eigenvalue weighted by Crippen LogP contribution is -2.51. The molecule has 0 radical (unpaired) electrons. The van der Waals surface area contributed by atoms with Crippen LogP contribution in [0.25, 0.3) is 0 Å². The van der Waals surface area contributed by atoms with Gasteiger partial charge in [0.05, 0.1) is 5.60 Å². The van der Waals surface area contributed by atoms with Crippen LogP contribution in [0, 0.1) is 40.9 Å². The maximum absolute atomic E-state index is 12.2. The number of rotatable bonds is 3. The molecule has 8 atom stereocenters. The van der Waals surface area contributed by atoms with Crippen LogP contribution in [0.4, 0.5) is 0 Å². The van der Waals surface area contributed by atoms with Crippen LogP contribution in [-0.4, -0.2) is 16.5 Å². The fourth-order valence-electron chi connectivity index (χ4n) is 8.32. The monoisotopic (exact) mass is 346 g/mol. The lowest BCUT2D eigenvalue weighted by atomic mass is 9.48. The van der Waals surface area contributed by atoms with Gasteiger partial charge < -0.3 is 5.11 Å². The van der Waals surface area contributed by atoms with E-state index in [-0.39, 0.29) is 11.0 Å². The summed E-state index contributed by atoms with van der Waals surface area (Å²) in [6, 6.07) is 0. The van der Waals surface area contributed by atoms with Gasteiger partial charge in [0.2, 0.25) is 0 Å². The Balaban J connectivity index is 1.51. The molecule has 1 N–H and O–H groups in total. The fourth-order valence-corrected chi connectivity index (χ4v) is 8.32. The molecule has 0 aromatic rings. The van der Waals surface area contributed by atoms with E-state index in [1.54, 1.807) is 0 Å². The number of aliphatic hydroxyl groups is 1. The normalized spacial score (nSPS) is 52.2. The molecule has 0 aromatic heterocycles. The van der Waals surface area contributed by atoms with Crippen LogP contribution >= 0.6 is 0 Å². The van der Waals surface area contributed by atoms with Gasteiger partial charge in [0, 0.05) is 5.92 Å². The van der Waals surface area contributed by atoms with E-state index in [0.29, 0.717) is 11.7 Å². The minimum Gasteiger partial charge on any atom is -0.390 e. The van der Waals surface area contributed by atoms with Gasteiger partial charge in [-0.2, -0.15) is 0 Å². The van der Waals surface area contributed by atoms with Gasteiger partial charge in [0.1, 0.15) is 5.78 Å². The smallest absolute Gasteiger partial charge is 0.133 e. The summed E-state index contributed by atoms with van der Waals surface area (Å²) in [5.41, 5.74) is -0.0729. The zero-order valence-electron chi connectivity index (χ0n) is 16.6. The topological polar surface area (TPSA) is 37.3 Å². The van der Waals surface area contributed by atoms with Gasteiger partial charge in [-0.15, -0.1) is 0 Å². The molecule has 0 spiro atoms. The minimum absolute atomic E-state index is 0.289. The fraction of sp³-hybridized carbons (Fsp3) is 0.957. The first kappa shape index (κ1) is 18.0. The van der Waals surface area contributed by atoms with Gasteiger partial charge in [0.25, 0.3) is 0 Å². The van der Waals surface area contributed by atoms with Crippen LogP contribution in [0.5, 0.6) is 0 Å². The second kappa shape index (κ2) is 6.36. The summed E-state index contributed by atoms with van der Waals surface area (Å²) >= 11 is 0. The molecule has 4 saturated carbocycles. The van der Waals surface area contributed by atoms with Gasteiger partial charge >= 0.3 is 0 Å². The number of ketones is 1. The molecule has 0 amide bonds. The third-order valence-electron chi connectivity index (χ3n) is 9.31. The van der Waals surface area contributed by atoms with E-state index in [2.05, 4.69) is 13.8 Å². The predicted molar refractivity (Wildman–Crippen MR) is 101 cm³/mol. The Kier molecular flexibility index (Phi) is 4.58. The number of Topliss-reactive ketones (excluding diaryl/α,β-unsaturated/α-hetero) is 1. The van der Waals surface area contributed by atoms with Crippen LogP contribution in [0.3, 0.4) is 0 Å². The molecule has 0 aliphatic heterocycles. The number of fused-ring (bicyclic) bond motifs is 5. The summed E-state index contributed by atoms with van der Waals surface area (Å²) in [4.78, 5) is 12.2. The Hall–Kier alpha value is -0.370. The molecule has 25 heavy (non-hydrogen) atoms. The zero-order valence-corrected chi connectivity index (χ0v) is 16.6. The molecule has 4 fully saturated rings. The minimum atomic E-state index is -0.362. The van der Waals surface area contributed by atoms with E-state index < -0.39 is 0 Å². The average molecular weight is 347 g/mol. The Morgan fingerprint density at radius 2 is 1.76 bits per heavy atom. The molecular weight excluding hydrogens is 308 g/mol. The highest BCUT2D eigenvalue weighted by atomic mass is 16.3. The van der Waals surface area contributed by atoms with Gasteiger partial charge in [-0.25, -0.2) is 0 Å². The van der Waals surface area contributed by atoms with Crippen molar-refractivity contribution in [2.75, 3.05) is 0 Å². The Labute approximate surface area is 154 Å². The highest BCUT2D eigenvalue weighted by Gasteiger charge is 2.58. The number of hydrogen-bond acceptors (Lipinski definition) is 2. The second-order valence-corrected chi connectivity index (χ2v) is 10.4. The highest BCUT2D eigenvalue weighted by molar-refractivity contribution is 5.79. The molecule has 2 heteroatoms. The van der Waals surface area contributed by atoms with E-state index in [9.17, 15) is 9.90 Å². The molecule has 4 aliphatic carbocycles. The third-order valence-corrected chi connectivity index (χ3v) is 9.31. The van der Waals surface area contributed by atoms with Crippen molar-refractivity contribution >= 4 is 5.78 Å². The second-order valence-electron chi connectivity index (χ2n) is 10.4. The lowest BCUT2D eigenvalue weighted by molar-refractivity contribution is -0.131. The molecule has 2 nitrogen and oxygen atoms in total. The van der Waals surface area contributed by atoms with Gasteiger partial charge in [0.15, 0.2) is 0 Å². The lowest BCUT2D eigenvalue weighted by Gasteiger charge is -2.57. The summed E-state index contributed by atoms with van der Waals surface area (Å²) in [7, 11) is 0. The van der Waals surface area contributed by atoms with Crippen molar-refractivity contribution < 1.29 is 9.90 Å². The SMILES string of the molecule is CCC[C@@]1(O)CC[C@H]2[C@@H](CC[C@@H]3[C@@H]2CC[C@]2(C)[C@@H](C(C)=O)CC[C@@H]32)C1. The average Bonchev–Trinajstić information content (AvgIpc) is 2.91. The number of carbonyl (C=O) groups is 1. The first-order valence-electron chi connectivity index (χ1n) is 11.1. The van der Waals surface area contributed by atoms with Crippen molar-refractivity contribution in [1.82, 2.24) is 0 Å². The summed E-state index contributed by atoms with van der Waals surface area (Å²) in [5.74, 6) is 4.93. The van der Waals surface area contributed by atoms with Crippen molar-refractivity contribution in [1.29, 1.82) is 0 Å². The molecular formula is C23H38O2. The summed E-state index contributed by atoms with van der Waals surface area (Å²) in [6.45, 7) is 6.48. The maximum atomic E-state index is 12.2. The van der Waals surface area contributed by atoms with E-state index in [4.69, 9.17) is 0 Å². The Bertz CT molecular complexity index is 528. The van der Waals surface area contributed by atoms with Gasteiger partial charge in [-0.05, 0) is 106 Å². The maximum Gasteiger partial charge on any atom is 0.133 e. The first-order chi connectivity index (χ1) is 11.9. The molecule has 0 heterocycles. The summed E-state index contributed by atoms with van der Waals surface area (Å²) in [5, 5.41) is 11.0. The van der Waals surface area contributed by atoms with Crippen LogP contribution in [-0.2, 0) is 4.79 Å². The largest absolute Gasteiger partial charge is 0.390 e. The first-order valence-corrected chi connectivity index (χ1v) is 11.1. The third kappa shape index (κ3) is 2.82. The Morgan fingerprint density at radius 1 is 1.00 bits per heavy atom. The quantitative estimate of drug-likeness (QED) is 0.745. The van der Waals surface area contributed by atoms with Crippen molar-refractivity contribution in [2.45, 2.75) is 97.0 Å². The Morgan fingerprint density at radius 3 is 2.48 bits per heavy atom. The summed E-state index contributed by atoms with van der Waals surface area (Å²) < 4.78 is 0. The highest BCUT2D eigenvalue weighted by Crippen LogP contribution is 2.64. The molecule has 0 saturated heterocycles. The molecule has 4 rings (SSSR count). The van der Waals surface area contributed by atoms with Gasteiger partial charge in [-0.1, -0.05) is 20.3 Å². The summed E-state index contributed by atoms with van der Waals surface area (Å²) in [6.07, 6.45) is 13.2. The van der Waals surface area contributed by atoms with Crippen LogP contribution in [0.1, 0.15) is 91.4 Å². The van der Waals surface area contributed by atoms with Crippen LogP contribution < -0.4 is 0 Å². The van der Waals surface area contributed by atoms with E-state index in [1.165, 1.54) is 38.5 Å². The van der Waals surface area contributed by atoms with Gasteiger partial charge in [-0.3, -0.25) is 4.79 Å². The van der Waals surface area contributed by atoms with Crippen LogP contribution in [0.2, 0.25) is 0 Å². The standard InChI is InChI=1S/C23H38O2/c1-4-11-23(25)13-10-17-16(14-23)5-6-19-18(17)9-12-22(3)20(15(2)24)7-8-21(19)22/h16-21,25H,4-14H2,1-3H3/t16-,17-,18+,19+,20+,21-,22+,23+/m0/s1. The molecule has 4 aliphatic rings. The zero-order chi connectivity index (χ0) is 17.8. The van der Waals surface area contributed by atoms with E-state index in [0.717, 1.165) is 61.7 Å². The molecule has 142 valence electrons.